The minimum absolute atomic E-state index is 0.230. The van der Waals surface area contributed by atoms with Crippen LogP contribution in [0.1, 0.15) is 13.3 Å². The summed E-state index contributed by atoms with van der Waals surface area (Å²) in [5, 5.41) is 9.16. The number of aliphatic hydroxyl groups excluding tert-OH is 1. The largest absolute Gasteiger partial charge is 0.389 e. The molecule has 0 fully saturated rings. The van der Waals surface area contributed by atoms with E-state index in [0.717, 1.165) is 6.42 Å². The third-order valence-electron chi connectivity index (χ3n) is 1.24. The van der Waals surface area contributed by atoms with E-state index in [4.69, 9.17) is 5.11 Å². The third-order valence-corrected chi connectivity index (χ3v) is 2.43. The van der Waals surface area contributed by atoms with Crippen LogP contribution in [-0.4, -0.2) is 19.3 Å². The van der Waals surface area contributed by atoms with E-state index in [2.05, 4.69) is 25.3 Å². The number of rotatable bonds is 3. The molecule has 0 heterocycles. The van der Waals surface area contributed by atoms with Gasteiger partial charge in [-0.05, 0) is 6.42 Å². The standard InChI is InChI=1S/C8H18OSi/c1-5-8(9)6-7-10(2,3)4/h6-9H,5H2,1-4H3/b7-6+. The third kappa shape index (κ3) is 6.04. The molecular formula is C8H18OSi. The van der Waals surface area contributed by atoms with Crippen molar-refractivity contribution < 1.29 is 5.11 Å². The van der Waals surface area contributed by atoms with Gasteiger partial charge in [0, 0.05) is 0 Å². The summed E-state index contributed by atoms with van der Waals surface area (Å²) in [4.78, 5) is 0. The van der Waals surface area contributed by atoms with Gasteiger partial charge in [-0.3, -0.25) is 0 Å². The summed E-state index contributed by atoms with van der Waals surface area (Å²) >= 11 is 0. The van der Waals surface area contributed by atoms with Crippen molar-refractivity contribution in [2.24, 2.45) is 0 Å². The van der Waals surface area contributed by atoms with Crippen molar-refractivity contribution in [1.82, 2.24) is 0 Å². The molecule has 0 saturated heterocycles. The van der Waals surface area contributed by atoms with Crippen molar-refractivity contribution in [3.63, 3.8) is 0 Å². The van der Waals surface area contributed by atoms with Crippen molar-refractivity contribution >= 4 is 8.07 Å². The molecule has 0 saturated carbocycles. The number of aliphatic hydroxyl groups is 1. The zero-order valence-corrected chi connectivity index (χ0v) is 8.39. The van der Waals surface area contributed by atoms with Gasteiger partial charge in [-0.15, -0.1) is 0 Å². The lowest BCUT2D eigenvalue weighted by Gasteiger charge is -2.09. The summed E-state index contributed by atoms with van der Waals surface area (Å²) in [6.45, 7) is 8.75. The fourth-order valence-electron chi connectivity index (χ4n) is 0.536. The van der Waals surface area contributed by atoms with Crippen molar-refractivity contribution in [1.29, 1.82) is 0 Å². The molecule has 1 atom stereocenters. The lowest BCUT2D eigenvalue weighted by Crippen LogP contribution is -2.16. The monoisotopic (exact) mass is 158 g/mol. The smallest absolute Gasteiger partial charge is 0.0714 e. The first-order chi connectivity index (χ1) is 4.45. The topological polar surface area (TPSA) is 20.2 Å². The van der Waals surface area contributed by atoms with Gasteiger partial charge in [-0.2, -0.15) is 0 Å². The average molecular weight is 158 g/mol. The van der Waals surface area contributed by atoms with Gasteiger partial charge in [0.25, 0.3) is 0 Å². The van der Waals surface area contributed by atoms with Crippen LogP contribution in [0.2, 0.25) is 19.6 Å². The second-order valence-corrected chi connectivity index (χ2v) is 8.77. The first-order valence-electron chi connectivity index (χ1n) is 3.83. The van der Waals surface area contributed by atoms with Crippen LogP contribution in [-0.2, 0) is 0 Å². The van der Waals surface area contributed by atoms with E-state index >= 15 is 0 Å². The minimum atomic E-state index is -1.08. The van der Waals surface area contributed by atoms with Gasteiger partial charge in [0.15, 0.2) is 0 Å². The SMILES string of the molecule is CCC(O)/C=C/[Si](C)(C)C. The maximum Gasteiger partial charge on any atom is 0.0714 e. The molecule has 1 nitrogen and oxygen atoms in total. The molecule has 60 valence electrons. The van der Waals surface area contributed by atoms with Gasteiger partial charge in [0.1, 0.15) is 0 Å². The van der Waals surface area contributed by atoms with Crippen molar-refractivity contribution in [3.8, 4) is 0 Å². The van der Waals surface area contributed by atoms with Crippen molar-refractivity contribution in [2.45, 2.75) is 39.1 Å². The van der Waals surface area contributed by atoms with Gasteiger partial charge in [0.2, 0.25) is 0 Å². The molecular weight excluding hydrogens is 140 g/mol. The van der Waals surface area contributed by atoms with E-state index < -0.39 is 8.07 Å². The van der Waals surface area contributed by atoms with Gasteiger partial charge in [-0.25, -0.2) is 0 Å². The van der Waals surface area contributed by atoms with Crippen molar-refractivity contribution in [2.75, 3.05) is 0 Å². The van der Waals surface area contributed by atoms with Crippen LogP contribution in [0.15, 0.2) is 11.8 Å². The summed E-state index contributed by atoms with van der Waals surface area (Å²) in [6.07, 6.45) is 2.51. The highest BCUT2D eigenvalue weighted by Gasteiger charge is 2.07. The zero-order chi connectivity index (χ0) is 8.20. The van der Waals surface area contributed by atoms with E-state index in [1.54, 1.807) is 0 Å². The van der Waals surface area contributed by atoms with Gasteiger partial charge >= 0.3 is 0 Å². The summed E-state index contributed by atoms with van der Waals surface area (Å²) < 4.78 is 0. The summed E-state index contributed by atoms with van der Waals surface area (Å²) in [6, 6.07) is 0. The van der Waals surface area contributed by atoms with Gasteiger partial charge in [-0.1, -0.05) is 38.3 Å². The van der Waals surface area contributed by atoms with Crippen LogP contribution in [0.3, 0.4) is 0 Å². The van der Waals surface area contributed by atoms with Crippen LogP contribution in [0.25, 0.3) is 0 Å². The van der Waals surface area contributed by atoms with E-state index in [-0.39, 0.29) is 6.10 Å². The molecule has 0 amide bonds. The van der Waals surface area contributed by atoms with Crippen LogP contribution in [0, 0.1) is 0 Å². The Hall–Kier alpha value is -0.0831. The number of hydrogen-bond acceptors (Lipinski definition) is 1. The second kappa shape index (κ2) is 3.94. The Labute approximate surface area is 64.8 Å². The lowest BCUT2D eigenvalue weighted by atomic mass is 10.3. The molecule has 2 heteroatoms. The summed E-state index contributed by atoms with van der Waals surface area (Å²) in [5.41, 5.74) is 2.18. The maximum absolute atomic E-state index is 9.16. The lowest BCUT2D eigenvalue weighted by molar-refractivity contribution is 0.219. The number of hydrogen-bond donors (Lipinski definition) is 1. The van der Waals surface area contributed by atoms with E-state index in [1.165, 1.54) is 0 Å². The molecule has 0 aliphatic heterocycles. The van der Waals surface area contributed by atoms with Crippen molar-refractivity contribution in [3.05, 3.63) is 11.8 Å². The fourth-order valence-corrected chi connectivity index (χ4v) is 1.34. The fraction of sp³-hybridized carbons (Fsp3) is 0.750. The van der Waals surface area contributed by atoms with Crippen LogP contribution >= 0.6 is 0 Å². The molecule has 0 aromatic heterocycles. The maximum atomic E-state index is 9.16. The zero-order valence-electron chi connectivity index (χ0n) is 7.39. The van der Waals surface area contributed by atoms with E-state index in [9.17, 15) is 0 Å². The van der Waals surface area contributed by atoms with E-state index in [1.807, 2.05) is 13.0 Å². The van der Waals surface area contributed by atoms with Gasteiger partial charge < -0.3 is 5.11 Å². The first-order valence-corrected chi connectivity index (χ1v) is 7.41. The average Bonchev–Trinajstić information content (AvgIpc) is 1.81. The Morgan fingerprint density at radius 1 is 1.40 bits per heavy atom. The Kier molecular flexibility index (Phi) is 3.90. The normalized spacial score (nSPS) is 16.1. The van der Waals surface area contributed by atoms with Crippen LogP contribution in [0.5, 0.6) is 0 Å². The Balaban J connectivity index is 3.75. The second-order valence-electron chi connectivity index (χ2n) is 3.70. The molecule has 0 rings (SSSR count). The molecule has 1 N–H and O–H groups in total. The molecule has 0 bridgehead atoms. The highest BCUT2D eigenvalue weighted by Crippen LogP contribution is 2.03. The summed E-state index contributed by atoms with van der Waals surface area (Å²) in [7, 11) is -1.08. The molecule has 10 heavy (non-hydrogen) atoms. The Morgan fingerprint density at radius 3 is 2.20 bits per heavy atom. The molecule has 0 radical (unpaired) electrons. The molecule has 0 aromatic rings. The minimum Gasteiger partial charge on any atom is -0.389 e. The van der Waals surface area contributed by atoms with E-state index in [0.29, 0.717) is 0 Å². The first kappa shape index (κ1) is 9.92. The molecule has 0 spiro atoms. The predicted molar refractivity (Wildman–Crippen MR) is 48.8 cm³/mol. The van der Waals surface area contributed by atoms with Crippen LogP contribution < -0.4 is 0 Å². The molecule has 0 aliphatic carbocycles. The summed E-state index contributed by atoms with van der Waals surface area (Å²) in [5.74, 6) is 0. The van der Waals surface area contributed by atoms with Gasteiger partial charge in [0.05, 0.1) is 14.2 Å². The predicted octanol–water partition coefficient (Wildman–Crippen LogP) is 2.19. The highest BCUT2D eigenvalue weighted by atomic mass is 28.3. The molecule has 0 aliphatic rings. The van der Waals surface area contributed by atoms with Crippen LogP contribution in [0.4, 0.5) is 0 Å². The molecule has 0 aromatic carbocycles. The Morgan fingerprint density at radius 2 is 1.90 bits per heavy atom. The quantitative estimate of drug-likeness (QED) is 0.624. The highest BCUT2D eigenvalue weighted by molar-refractivity contribution is 6.80. The Bertz CT molecular complexity index is 113. The molecule has 1 unspecified atom stereocenters.